The number of allylic oxidation sites excluding steroid dienone is 1. The van der Waals surface area contributed by atoms with E-state index in [0.29, 0.717) is 0 Å². The van der Waals surface area contributed by atoms with Gasteiger partial charge in [-0.1, -0.05) is 6.08 Å². The molecule has 0 aromatic heterocycles. The highest BCUT2D eigenvalue weighted by Gasteiger charge is 2.31. The third-order valence-corrected chi connectivity index (χ3v) is 2.31. The summed E-state index contributed by atoms with van der Waals surface area (Å²) in [7, 11) is 0. The molecule has 0 bridgehead atoms. The van der Waals surface area contributed by atoms with Crippen LogP contribution in [0.25, 0.3) is 0 Å². The van der Waals surface area contributed by atoms with Crippen molar-refractivity contribution in [3.05, 3.63) is 12.2 Å². The van der Waals surface area contributed by atoms with Crippen molar-refractivity contribution in [1.82, 2.24) is 0 Å². The topological polar surface area (TPSA) is 26.3 Å². The number of hydrogen-bond donors (Lipinski definition) is 0. The van der Waals surface area contributed by atoms with Gasteiger partial charge in [-0.2, -0.15) is 0 Å². The van der Waals surface area contributed by atoms with E-state index in [4.69, 9.17) is 4.74 Å². The summed E-state index contributed by atoms with van der Waals surface area (Å²) in [6.45, 7) is 3.83. The summed E-state index contributed by atoms with van der Waals surface area (Å²) in [6, 6.07) is 0. The van der Waals surface area contributed by atoms with Crippen LogP contribution in [0.5, 0.6) is 0 Å². The fourth-order valence-corrected chi connectivity index (χ4v) is 1.64. The Bertz CT molecular complexity index is 188. The molecule has 1 rings (SSSR count). The van der Waals surface area contributed by atoms with E-state index in [1.807, 2.05) is 13.8 Å². The lowest BCUT2D eigenvalue weighted by Crippen LogP contribution is -2.27. The number of esters is 1. The first-order valence-corrected chi connectivity index (χ1v) is 4.52. The maximum Gasteiger partial charge on any atom is 0.330 e. The van der Waals surface area contributed by atoms with Gasteiger partial charge < -0.3 is 4.74 Å². The van der Waals surface area contributed by atoms with Crippen LogP contribution in [0.4, 0.5) is 0 Å². The van der Waals surface area contributed by atoms with E-state index in [2.05, 4.69) is 0 Å². The molecule has 0 spiro atoms. The Labute approximate surface area is 73.6 Å². The Morgan fingerprint density at radius 1 is 1.42 bits per heavy atom. The van der Waals surface area contributed by atoms with Gasteiger partial charge in [-0.25, -0.2) is 4.79 Å². The van der Waals surface area contributed by atoms with Crippen LogP contribution in [0.2, 0.25) is 0 Å². The summed E-state index contributed by atoms with van der Waals surface area (Å²) in [4.78, 5) is 11.1. The zero-order valence-corrected chi connectivity index (χ0v) is 7.80. The molecule has 0 unspecified atom stereocenters. The van der Waals surface area contributed by atoms with Crippen molar-refractivity contribution in [2.45, 2.75) is 45.1 Å². The number of ether oxygens (including phenoxy) is 1. The van der Waals surface area contributed by atoms with Gasteiger partial charge in [-0.05, 0) is 39.5 Å². The van der Waals surface area contributed by atoms with Crippen molar-refractivity contribution < 1.29 is 9.53 Å². The normalized spacial score (nSPS) is 21.5. The minimum atomic E-state index is -0.207. The second-order valence-corrected chi connectivity index (χ2v) is 3.58. The van der Waals surface area contributed by atoms with Crippen LogP contribution in [-0.2, 0) is 9.53 Å². The predicted molar refractivity (Wildman–Crippen MR) is 47.8 cm³/mol. The van der Waals surface area contributed by atoms with Crippen molar-refractivity contribution >= 4 is 5.97 Å². The van der Waals surface area contributed by atoms with Crippen LogP contribution in [0.15, 0.2) is 12.2 Å². The average molecular weight is 168 g/mol. The predicted octanol–water partition coefficient (Wildman–Crippen LogP) is 2.44. The van der Waals surface area contributed by atoms with Crippen LogP contribution in [0.3, 0.4) is 0 Å². The van der Waals surface area contributed by atoms with Crippen molar-refractivity contribution in [2.24, 2.45) is 0 Å². The summed E-state index contributed by atoms with van der Waals surface area (Å²) in [5.74, 6) is -0.207. The zero-order chi connectivity index (χ0) is 9.03. The van der Waals surface area contributed by atoms with Gasteiger partial charge >= 0.3 is 5.97 Å². The van der Waals surface area contributed by atoms with Crippen LogP contribution in [0, 0.1) is 0 Å². The van der Waals surface area contributed by atoms with E-state index in [0.717, 1.165) is 12.8 Å². The van der Waals surface area contributed by atoms with E-state index >= 15 is 0 Å². The molecule has 1 fully saturated rings. The molecule has 0 saturated heterocycles. The molecule has 12 heavy (non-hydrogen) atoms. The molecule has 0 heterocycles. The van der Waals surface area contributed by atoms with Gasteiger partial charge in [0.1, 0.15) is 5.60 Å². The van der Waals surface area contributed by atoms with Gasteiger partial charge in [0.15, 0.2) is 0 Å². The van der Waals surface area contributed by atoms with Gasteiger partial charge in [-0.15, -0.1) is 0 Å². The molecule has 68 valence electrons. The molecule has 0 radical (unpaired) electrons. The Hall–Kier alpha value is -0.790. The second-order valence-electron chi connectivity index (χ2n) is 3.58. The van der Waals surface area contributed by atoms with Crippen LogP contribution >= 0.6 is 0 Å². The third kappa shape index (κ3) is 2.36. The first kappa shape index (κ1) is 9.30. The lowest BCUT2D eigenvalue weighted by Gasteiger charge is -2.22. The van der Waals surface area contributed by atoms with Crippen LogP contribution in [-0.4, -0.2) is 11.6 Å². The zero-order valence-electron chi connectivity index (χ0n) is 7.80. The molecule has 1 aliphatic rings. The summed E-state index contributed by atoms with van der Waals surface area (Å²) >= 11 is 0. The summed E-state index contributed by atoms with van der Waals surface area (Å²) in [6.07, 6.45) is 7.57. The molecule has 0 amide bonds. The Balaban J connectivity index is 2.43. The molecular weight excluding hydrogens is 152 g/mol. The maximum atomic E-state index is 11.1. The minimum absolute atomic E-state index is 0.184. The van der Waals surface area contributed by atoms with Crippen molar-refractivity contribution in [3.63, 3.8) is 0 Å². The van der Waals surface area contributed by atoms with E-state index in [1.165, 1.54) is 18.9 Å². The highest BCUT2D eigenvalue weighted by Crippen LogP contribution is 2.32. The smallest absolute Gasteiger partial charge is 0.330 e. The number of carbonyl (C=O) groups is 1. The highest BCUT2D eigenvalue weighted by atomic mass is 16.6. The molecule has 0 aromatic rings. The number of hydrogen-bond acceptors (Lipinski definition) is 2. The standard InChI is InChI=1S/C10H16O2/c1-3-6-9(11)12-10(2)7-4-5-8-10/h3,6H,4-5,7-8H2,1-2H3. The number of rotatable bonds is 2. The first-order valence-electron chi connectivity index (χ1n) is 4.52. The quantitative estimate of drug-likeness (QED) is 0.467. The first-order chi connectivity index (χ1) is 5.66. The third-order valence-electron chi connectivity index (χ3n) is 2.31. The Morgan fingerprint density at radius 2 is 2.00 bits per heavy atom. The lowest BCUT2D eigenvalue weighted by molar-refractivity contribution is -0.151. The van der Waals surface area contributed by atoms with Gasteiger partial charge in [0.25, 0.3) is 0 Å². The molecule has 1 aliphatic carbocycles. The SMILES string of the molecule is CC=CC(=O)OC1(C)CCCC1. The van der Waals surface area contributed by atoms with Crippen molar-refractivity contribution in [2.75, 3.05) is 0 Å². The van der Waals surface area contributed by atoms with E-state index < -0.39 is 0 Å². The van der Waals surface area contributed by atoms with Crippen LogP contribution < -0.4 is 0 Å². The highest BCUT2D eigenvalue weighted by molar-refractivity contribution is 5.82. The molecule has 2 heteroatoms. The van der Waals surface area contributed by atoms with Crippen molar-refractivity contribution in [1.29, 1.82) is 0 Å². The summed E-state index contributed by atoms with van der Waals surface area (Å²) in [5.41, 5.74) is -0.184. The second kappa shape index (κ2) is 3.74. The van der Waals surface area contributed by atoms with Gasteiger partial charge in [0, 0.05) is 6.08 Å². The molecule has 1 saturated carbocycles. The van der Waals surface area contributed by atoms with E-state index in [-0.39, 0.29) is 11.6 Å². The average Bonchev–Trinajstić information content (AvgIpc) is 2.36. The fourth-order valence-electron chi connectivity index (χ4n) is 1.64. The summed E-state index contributed by atoms with van der Waals surface area (Å²) in [5, 5.41) is 0. The van der Waals surface area contributed by atoms with Crippen LogP contribution in [0.1, 0.15) is 39.5 Å². The van der Waals surface area contributed by atoms with E-state index in [1.54, 1.807) is 6.08 Å². The summed E-state index contributed by atoms with van der Waals surface area (Å²) < 4.78 is 5.31. The number of carbonyl (C=O) groups excluding carboxylic acids is 1. The fraction of sp³-hybridized carbons (Fsp3) is 0.700. The molecular formula is C10H16O2. The van der Waals surface area contributed by atoms with Gasteiger partial charge in [0.2, 0.25) is 0 Å². The molecule has 2 nitrogen and oxygen atoms in total. The van der Waals surface area contributed by atoms with Crippen molar-refractivity contribution in [3.8, 4) is 0 Å². The lowest BCUT2D eigenvalue weighted by atomic mass is 10.1. The molecule has 0 N–H and O–H groups in total. The molecule has 0 aromatic carbocycles. The monoisotopic (exact) mass is 168 g/mol. The maximum absolute atomic E-state index is 11.1. The molecule has 0 atom stereocenters. The minimum Gasteiger partial charge on any atom is -0.456 e. The Kier molecular flexibility index (Phi) is 2.90. The largest absolute Gasteiger partial charge is 0.456 e. The van der Waals surface area contributed by atoms with Gasteiger partial charge in [0.05, 0.1) is 0 Å². The van der Waals surface area contributed by atoms with Gasteiger partial charge in [-0.3, -0.25) is 0 Å². The van der Waals surface area contributed by atoms with E-state index in [9.17, 15) is 4.79 Å². The Morgan fingerprint density at radius 3 is 2.50 bits per heavy atom. The molecule has 0 aliphatic heterocycles.